The number of rotatable bonds is 6. The smallest absolute Gasteiger partial charge is 0.145 e. The normalized spacial score (nSPS) is 14.0. The molecule has 6 heteroatoms. The highest BCUT2D eigenvalue weighted by Gasteiger charge is 2.25. The second-order valence-corrected chi connectivity index (χ2v) is 5.47. The predicted molar refractivity (Wildman–Crippen MR) is 82.4 cm³/mol. The fraction of sp³-hybridized carbons (Fsp3) is 0.400. The zero-order valence-electron chi connectivity index (χ0n) is 12.1. The Balaban J connectivity index is 1.77. The van der Waals surface area contributed by atoms with Crippen LogP contribution < -0.4 is 14.8 Å². The van der Waals surface area contributed by atoms with Gasteiger partial charge in [0.25, 0.3) is 0 Å². The largest absolute Gasteiger partial charge is 0.495 e. The summed E-state index contributed by atoms with van der Waals surface area (Å²) in [7, 11) is 3.21. The van der Waals surface area contributed by atoms with Crippen LogP contribution in [0.5, 0.6) is 11.5 Å². The van der Waals surface area contributed by atoms with Crippen LogP contribution in [0.25, 0.3) is 0 Å². The molecule has 0 spiro atoms. The lowest BCUT2D eigenvalue weighted by atomic mass is 10.2. The summed E-state index contributed by atoms with van der Waals surface area (Å²) in [6, 6.07) is 4.21. The average Bonchev–Trinajstić information content (AvgIpc) is 3.24. The Morgan fingerprint density at radius 2 is 2.05 bits per heavy atom. The number of hydrogen-bond acceptors (Lipinski definition) is 4. The van der Waals surface area contributed by atoms with E-state index in [9.17, 15) is 0 Å². The van der Waals surface area contributed by atoms with Crippen LogP contribution in [0.15, 0.2) is 24.7 Å². The highest BCUT2D eigenvalue weighted by Crippen LogP contribution is 2.37. The first-order valence-corrected chi connectivity index (χ1v) is 7.27. The van der Waals surface area contributed by atoms with E-state index in [0.29, 0.717) is 29.1 Å². The molecule has 1 heterocycles. The molecule has 1 saturated carbocycles. The molecule has 0 amide bonds. The van der Waals surface area contributed by atoms with Crippen LogP contribution in [0, 0.1) is 0 Å². The lowest BCUT2D eigenvalue weighted by Gasteiger charge is -2.14. The molecule has 1 aliphatic carbocycles. The van der Waals surface area contributed by atoms with Crippen molar-refractivity contribution in [2.24, 2.45) is 0 Å². The van der Waals surface area contributed by atoms with E-state index in [1.807, 2.05) is 18.6 Å². The molecule has 2 aromatic rings. The molecule has 1 N–H and O–H groups in total. The van der Waals surface area contributed by atoms with E-state index in [4.69, 9.17) is 21.1 Å². The third kappa shape index (κ3) is 2.93. The van der Waals surface area contributed by atoms with Gasteiger partial charge in [-0.05, 0) is 18.9 Å². The van der Waals surface area contributed by atoms with Crippen molar-refractivity contribution in [1.29, 1.82) is 0 Å². The topological polar surface area (TPSA) is 48.3 Å². The van der Waals surface area contributed by atoms with Gasteiger partial charge >= 0.3 is 0 Å². The third-order valence-electron chi connectivity index (χ3n) is 3.62. The fourth-order valence-electron chi connectivity index (χ4n) is 2.33. The van der Waals surface area contributed by atoms with Gasteiger partial charge in [0, 0.05) is 18.3 Å². The molecule has 3 rings (SSSR count). The summed E-state index contributed by atoms with van der Waals surface area (Å²) in [5.41, 5.74) is 2.00. The first-order valence-electron chi connectivity index (χ1n) is 6.89. The van der Waals surface area contributed by atoms with E-state index in [1.165, 1.54) is 12.8 Å². The molecule has 5 nitrogen and oxygen atoms in total. The molecule has 1 aromatic heterocycles. The van der Waals surface area contributed by atoms with Crippen LogP contribution in [-0.4, -0.2) is 23.8 Å². The molecule has 0 radical (unpaired) electrons. The van der Waals surface area contributed by atoms with Crippen molar-refractivity contribution in [3.05, 3.63) is 35.4 Å². The van der Waals surface area contributed by atoms with Gasteiger partial charge in [0.2, 0.25) is 0 Å². The number of aromatic nitrogens is 2. The van der Waals surface area contributed by atoms with Crippen molar-refractivity contribution in [3.63, 3.8) is 0 Å². The van der Waals surface area contributed by atoms with Gasteiger partial charge in [0.15, 0.2) is 0 Å². The lowest BCUT2D eigenvalue weighted by molar-refractivity contribution is 0.395. The van der Waals surface area contributed by atoms with E-state index in [-0.39, 0.29) is 0 Å². The monoisotopic (exact) mass is 307 g/mol. The Hall–Kier alpha value is -1.88. The summed E-state index contributed by atoms with van der Waals surface area (Å²) < 4.78 is 12.8. The van der Waals surface area contributed by atoms with Crippen molar-refractivity contribution in [3.8, 4) is 11.5 Å². The summed E-state index contributed by atoms with van der Waals surface area (Å²) in [6.07, 6.45) is 6.26. The minimum Gasteiger partial charge on any atom is -0.495 e. The Bertz CT molecular complexity index is 638. The number of hydrogen-bond donors (Lipinski definition) is 1. The maximum atomic E-state index is 6.17. The molecule has 1 fully saturated rings. The Labute approximate surface area is 128 Å². The highest BCUT2D eigenvalue weighted by molar-refractivity contribution is 6.32. The van der Waals surface area contributed by atoms with E-state index in [0.717, 1.165) is 11.4 Å². The molecule has 0 saturated heterocycles. The summed E-state index contributed by atoms with van der Waals surface area (Å²) >= 11 is 6.17. The lowest BCUT2D eigenvalue weighted by Crippen LogP contribution is -2.07. The molecular weight excluding hydrogens is 290 g/mol. The van der Waals surface area contributed by atoms with Gasteiger partial charge in [-0.15, -0.1) is 0 Å². The highest BCUT2D eigenvalue weighted by atomic mass is 35.5. The zero-order chi connectivity index (χ0) is 14.8. The molecule has 0 aliphatic heterocycles. The number of methoxy groups -OCH3 is 2. The third-order valence-corrected chi connectivity index (χ3v) is 3.92. The molecule has 0 atom stereocenters. The molecular formula is C15H18ClN3O2. The minimum absolute atomic E-state index is 0.552. The van der Waals surface area contributed by atoms with Crippen molar-refractivity contribution in [1.82, 2.24) is 9.55 Å². The number of imidazole rings is 1. The van der Waals surface area contributed by atoms with E-state index < -0.39 is 0 Å². The standard InChI is InChI=1S/C15H18ClN3O2/c1-20-14-6-15(21-2)13(5-12(14)16)18-8-11-7-17-9-19(11)10-3-4-10/h5-7,9-10,18H,3-4,8H2,1-2H3. The zero-order valence-corrected chi connectivity index (χ0v) is 12.9. The molecule has 1 aliphatic rings. The van der Waals surface area contributed by atoms with Crippen molar-refractivity contribution in [2.45, 2.75) is 25.4 Å². The number of nitrogens with zero attached hydrogens (tertiary/aromatic N) is 2. The van der Waals surface area contributed by atoms with Crippen LogP contribution in [0.3, 0.4) is 0 Å². The van der Waals surface area contributed by atoms with E-state index in [2.05, 4.69) is 14.9 Å². The summed E-state index contributed by atoms with van der Waals surface area (Å²) in [5, 5.41) is 3.91. The van der Waals surface area contributed by atoms with Crippen LogP contribution in [0.2, 0.25) is 5.02 Å². The van der Waals surface area contributed by atoms with Crippen LogP contribution in [0.4, 0.5) is 5.69 Å². The van der Waals surface area contributed by atoms with Gasteiger partial charge in [0.1, 0.15) is 11.5 Å². The van der Waals surface area contributed by atoms with Crippen LogP contribution in [0.1, 0.15) is 24.6 Å². The average molecular weight is 308 g/mol. The first kappa shape index (κ1) is 14.1. The first-order chi connectivity index (χ1) is 10.2. The Kier molecular flexibility index (Phi) is 3.92. The van der Waals surface area contributed by atoms with Gasteiger partial charge in [-0.2, -0.15) is 0 Å². The van der Waals surface area contributed by atoms with Gasteiger partial charge in [-0.3, -0.25) is 0 Å². The molecule has 0 unspecified atom stereocenters. The Morgan fingerprint density at radius 1 is 1.29 bits per heavy atom. The number of nitrogens with one attached hydrogen (secondary N) is 1. The van der Waals surface area contributed by atoms with E-state index in [1.54, 1.807) is 20.3 Å². The van der Waals surface area contributed by atoms with Crippen LogP contribution >= 0.6 is 11.6 Å². The van der Waals surface area contributed by atoms with Gasteiger partial charge in [-0.1, -0.05) is 11.6 Å². The van der Waals surface area contributed by atoms with Crippen molar-refractivity contribution >= 4 is 17.3 Å². The maximum absolute atomic E-state index is 6.17. The number of benzene rings is 1. The fourth-order valence-corrected chi connectivity index (χ4v) is 2.58. The maximum Gasteiger partial charge on any atom is 0.145 e. The predicted octanol–water partition coefficient (Wildman–Crippen LogP) is 3.50. The van der Waals surface area contributed by atoms with Gasteiger partial charge < -0.3 is 19.4 Å². The number of halogens is 1. The SMILES string of the molecule is COc1cc(OC)c(NCc2cncn2C2CC2)cc1Cl. The van der Waals surface area contributed by atoms with Gasteiger partial charge in [0.05, 0.1) is 43.5 Å². The molecule has 0 bridgehead atoms. The number of anilines is 1. The van der Waals surface area contributed by atoms with Crippen LogP contribution in [-0.2, 0) is 6.54 Å². The summed E-state index contributed by atoms with van der Waals surface area (Å²) in [6.45, 7) is 0.676. The second-order valence-electron chi connectivity index (χ2n) is 5.06. The molecule has 1 aromatic carbocycles. The van der Waals surface area contributed by atoms with E-state index >= 15 is 0 Å². The van der Waals surface area contributed by atoms with Crippen molar-refractivity contribution in [2.75, 3.05) is 19.5 Å². The van der Waals surface area contributed by atoms with Gasteiger partial charge in [-0.25, -0.2) is 4.98 Å². The number of ether oxygens (including phenoxy) is 2. The minimum atomic E-state index is 0.552. The second kappa shape index (κ2) is 5.85. The van der Waals surface area contributed by atoms with Crippen molar-refractivity contribution < 1.29 is 9.47 Å². The Morgan fingerprint density at radius 3 is 2.71 bits per heavy atom. The molecule has 21 heavy (non-hydrogen) atoms. The summed E-state index contributed by atoms with van der Waals surface area (Å²) in [4.78, 5) is 4.23. The molecule has 112 valence electrons. The summed E-state index contributed by atoms with van der Waals surface area (Å²) in [5.74, 6) is 1.30. The quantitative estimate of drug-likeness (QED) is 0.887.